The Bertz CT molecular complexity index is 995. The summed E-state index contributed by atoms with van der Waals surface area (Å²) < 4.78 is 15.6. The van der Waals surface area contributed by atoms with Crippen molar-refractivity contribution in [3.8, 4) is 17.2 Å². The molecular formula is C25H27NO7. The second-order valence-corrected chi connectivity index (χ2v) is 7.04. The third kappa shape index (κ3) is 7.05. The predicted octanol–water partition coefficient (Wildman–Crippen LogP) is 2.56. The van der Waals surface area contributed by atoms with E-state index in [2.05, 4.69) is 0 Å². The molecule has 3 N–H and O–H groups in total. The fourth-order valence-corrected chi connectivity index (χ4v) is 3.11. The van der Waals surface area contributed by atoms with Crippen molar-refractivity contribution in [2.45, 2.75) is 13.0 Å². The minimum Gasteiger partial charge on any atom is -0.496 e. The van der Waals surface area contributed by atoms with Gasteiger partial charge >= 0.3 is 0 Å². The van der Waals surface area contributed by atoms with Crippen LogP contribution in [0.25, 0.3) is 12.2 Å². The molecule has 2 rings (SSSR count). The molecule has 0 bridgehead atoms. The molecule has 8 heteroatoms. The van der Waals surface area contributed by atoms with Gasteiger partial charge in [0, 0.05) is 12.0 Å². The molecule has 2 aromatic rings. The average Bonchev–Trinajstić information content (AvgIpc) is 2.83. The van der Waals surface area contributed by atoms with Gasteiger partial charge in [-0.05, 0) is 47.5 Å². The van der Waals surface area contributed by atoms with E-state index in [9.17, 15) is 19.5 Å². The van der Waals surface area contributed by atoms with E-state index >= 15 is 0 Å². The number of nitrogens with two attached hydrogens (primary N) is 1. The van der Waals surface area contributed by atoms with Gasteiger partial charge in [0.15, 0.2) is 23.1 Å². The number of primary amides is 1. The van der Waals surface area contributed by atoms with Gasteiger partial charge in [-0.1, -0.05) is 24.3 Å². The van der Waals surface area contributed by atoms with Crippen LogP contribution in [-0.2, 0) is 21.0 Å². The van der Waals surface area contributed by atoms with Crippen LogP contribution in [0, 0.1) is 5.92 Å². The topological polar surface area (TPSA) is 125 Å². The zero-order valence-electron chi connectivity index (χ0n) is 18.7. The van der Waals surface area contributed by atoms with Crippen molar-refractivity contribution in [1.29, 1.82) is 0 Å². The summed E-state index contributed by atoms with van der Waals surface area (Å²) >= 11 is 0. The molecule has 0 spiro atoms. The monoisotopic (exact) mass is 453 g/mol. The minimum absolute atomic E-state index is 0.234. The van der Waals surface area contributed by atoms with Gasteiger partial charge in [-0.15, -0.1) is 0 Å². The normalized spacial score (nSPS) is 12.0. The number of hydrogen-bond donors (Lipinski definition) is 2. The first kappa shape index (κ1) is 25.4. The lowest BCUT2D eigenvalue weighted by molar-refractivity contribution is -0.131. The first-order valence-electron chi connectivity index (χ1n) is 10.0. The Morgan fingerprint density at radius 2 is 1.36 bits per heavy atom. The number of rotatable bonds is 12. The van der Waals surface area contributed by atoms with Crippen LogP contribution in [0.15, 0.2) is 48.6 Å². The number of aliphatic hydroxyl groups is 1. The van der Waals surface area contributed by atoms with E-state index in [1.54, 1.807) is 36.4 Å². The van der Waals surface area contributed by atoms with Crippen LogP contribution >= 0.6 is 0 Å². The Morgan fingerprint density at radius 3 is 1.85 bits per heavy atom. The standard InChI is InChI=1S/C25H27NO7/c1-31-22-10-6-16(12-18(22)15-27)4-8-20(28)19(14-25(26)30)21(29)9-5-17-7-11-23(32-2)24(13-17)33-3/h4-13,19,27H,14-15H2,1-3H3,(H2,26,30). The average molecular weight is 453 g/mol. The number of carbonyl (C=O) groups is 3. The molecule has 0 aliphatic carbocycles. The van der Waals surface area contributed by atoms with Crippen LogP contribution in [0.3, 0.4) is 0 Å². The van der Waals surface area contributed by atoms with Crippen molar-refractivity contribution in [3.63, 3.8) is 0 Å². The Kier molecular flexibility index (Phi) is 9.38. The molecule has 1 amide bonds. The highest BCUT2D eigenvalue weighted by molar-refractivity contribution is 6.15. The largest absolute Gasteiger partial charge is 0.496 e. The lowest BCUT2D eigenvalue weighted by Gasteiger charge is -2.10. The van der Waals surface area contributed by atoms with Crippen LogP contribution in [0.2, 0.25) is 0 Å². The van der Waals surface area contributed by atoms with Crippen molar-refractivity contribution in [2.75, 3.05) is 21.3 Å². The summed E-state index contributed by atoms with van der Waals surface area (Å²) in [5.74, 6) is -1.58. The van der Waals surface area contributed by atoms with E-state index in [-0.39, 0.29) is 6.61 Å². The summed E-state index contributed by atoms with van der Waals surface area (Å²) in [5, 5.41) is 9.44. The van der Waals surface area contributed by atoms with Gasteiger partial charge in [0.2, 0.25) is 5.91 Å². The molecule has 0 radical (unpaired) electrons. The van der Waals surface area contributed by atoms with E-state index in [4.69, 9.17) is 19.9 Å². The van der Waals surface area contributed by atoms with E-state index < -0.39 is 29.8 Å². The van der Waals surface area contributed by atoms with E-state index in [1.807, 2.05) is 0 Å². The highest BCUT2D eigenvalue weighted by Gasteiger charge is 2.25. The second-order valence-electron chi connectivity index (χ2n) is 7.04. The summed E-state index contributed by atoms with van der Waals surface area (Å²) in [6.45, 7) is -0.234. The van der Waals surface area contributed by atoms with Crippen LogP contribution < -0.4 is 19.9 Å². The Hall–Kier alpha value is -3.91. The zero-order chi connectivity index (χ0) is 24.4. The molecule has 2 aromatic carbocycles. The lowest BCUT2D eigenvalue weighted by atomic mass is 9.93. The first-order chi connectivity index (χ1) is 15.8. The number of ketones is 2. The first-order valence-corrected chi connectivity index (χ1v) is 10.0. The number of allylic oxidation sites excluding steroid dienone is 2. The molecule has 0 saturated carbocycles. The summed E-state index contributed by atoms with van der Waals surface area (Å²) in [6, 6.07) is 10.1. The van der Waals surface area contributed by atoms with Gasteiger partial charge in [0.1, 0.15) is 5.75 Å². The summed E-state index contributed by atoms with van der Waals surface area (Å²) in [6.07, 6.45) is 5.06. The summed E-state index contributed by atoms with van der Waals surface area (Å²) in [4.78, 5) is 36.9. The van der Waals surface area contributed by atoms with Crippen LogP contribution in [-0.4, -0.2) is 43.9 Å². The third-order valence-electron chi connectivity index (χ3n) is 4.85. The number of carbonyl (C=O) groups excluding carboxylic acids is 3. The molecular weight excluding hydrogens is 426 g/mol. The molecule has 33 heavy (non-hydrogen) atoms. The van der Waals surface area contributed by atoms with Crippen molar-refractivity contribution < 1.29 is 33.7 Å². The van der Waals surface area contributed by atoms with Gasteiger partial charge in [0.05, 0.1) is 33.9 Å². The fourth-order valence-electron chi connectivity index (χ4n) is 3.11. The number of benzene rings is 2. The number of amides is 1. The molecule has 174 valence electrons. The van der Waals surface area contributed by atoms with Crippen molar-refractivity contribution >= 4 is 29.6 Å². The Labute approximate surface area is 192 Å². The van der Waals surface area contributed by atoms with Gasteiger partial charge in [-0.25, -0.2) is 0 Å². The number of hydrogen-bond acceptors (Lipinski definition) is 7. The number of ether oxygens (including phenoxy) is 3. The smallest absolute Gasteiger partial charge is 0.218 e. The lowest BCUT2D eigenvalue weighted by Crippen LogP contribution is -2.27. The number of methoxy groups -OCH3 is 3. The highest BCUT2D eigenvalue weighted by atomic mass is 16.5. The SMILES string of the molecule is COc1ccc(C=CC(=O)C(CC(N)=O)C(=O)C=Cc2ccc(OC)c(OC)c2)cc1CO. The maximum Gasteiger partial charge on any atom is 0.218 e. The van der Waals surface area contributed by atoms with Crippen LogP contribution in [0.4, 0.5) is 0 Å². The molecule has 8 nitrogen and oxygen atoms in total. The molecule has 0 heterocycles. The molecule has 1 unspecified atom stereocenters. The molecule has 0 aliphatic heterocycles. The predicted molar refractivity (Wildman–Crippen MR) is 124 cm³/mol. The van der Waals surface area contributed by atoms with E-state index in [0.717, 1.165) is 0 Å². The van der Waals surface area contributed by atoms with Crippen LogP contribution in [0.5, 0.6) is 17.2 Å². The van der Waals surface area contributed by atoms with Crippen molar-refractivity contribution in [2.24, 2.45) is 11.7 Å². The second kappa shape index (κ2) is 12.2. The van der Waals surface area contributed by atoms with E-state index in [0.29, 0.717) is 33.9 Å². The van der Waals surface area contributed by atoms with Gasteiger partial charge in [-0.2, -0.15) is 0 Å². The molecule has 0 aliphatic rings. The zero-order valence-corrected chi connectivity index (χ0v) is 18.7. The quantitative estimate of drug-likeness (QED) is 0.374. The van der Waals surface area contributed by atoms with E-state index in [1.165, 1.54) is 45.6 Å². The Morgan fingerprint density at radius 1 is 0.848 bits per heavy atom. The summed E-state index contributed by atoms with van der Waals surface area (Å²) in [7, 11) is 4.50. The van der Waals surface area contributed by atoms with Gasteiger partial charge in [-0.3, -0.25) is 14.4 Å². The van der Waals surface area contributed by atoms with Crippen LogP contribution in [0.1, 0.15) is 23.1 Å². The molecule has 1 atom stereocenters. The molecule has 0 saturated heterocycles. The van der Waals surface area contributed by atoms with Gasteiger partial charge in [0.25, 0.3) is 0 Å². The van der Waals surface area contributed by atoms with Crippen molar-refractivity contribution in [1.82, 2.24) is 0 Å². The van der Waals surface area contributed by atoms with Crippen molar-refractivity contribution in [3.05, 3.63) is 65.2 Å². The maximum absolute atomic E-state index is 12.7. The number of aliphatic hydroxyl groups excluding tert-OH is 1. The summed E-state index contributed by atoms with van der Waals surface area (Å²) in [5.41, 5.74) is 7.08. The molecule has 0 fully saturated rings. The van der Waals surface area contributed by atoms with Gasteiger partial charge < -0.3 is 25.1 Å². The highest BCUT2D eigenvalue weighted by Crippen LogP contribution is 2.28. The minimum atomic E-state index is -1.24. The maximum atomic E-state index is 12.7. The molecule has 0 aromatic heterocycles. The fraction of sp³-hybridized carbons (Fsp3) is 0.240. The Balaban J connectivity index is 2.21. The third-order valence-corrected chi connectivity index (χ3v) is 4.85.